The maximum Gasteiger partial charge on any atom is 0.269 e. The third kappa shape index (κ3) is 10.3. The molecule has 2 aliphatic heterocycles. The van der Waals surface area contributed by atoms with Gasteiger partial charge in [-0.3, -0.25) is 19.7 Å². The highest BCUT2D eigenvalue weighted by Crippen LogP contribution is 2.31. The zero-order valence-corrected chi connectivity index (χ0v) is 35.8. The number of morpholine rings is 2. The van der Waals surface area contributed by atoms with Gasteiger partial charge in [0.05, 0.1) is 55.0 Å². The number of rotatable bonds is 11. The van der Waals surface area contributed by atoms with E-state index in [1.165, 1.54) is 12.1 Å². The van der Waals surface area contributed by atoms with Crippen molar-refractivity contribution in [2.45, 2.75) is 12.8 Å². The Morgan fingerprint density at radius 2 is 1.02 bits per heavy atom. The van der Waals surface area contributed by atoms with E-state index in [0.29, 0.717) is 49.8 Å². The van der Waals surface area contributed by atoms with Crippen LogP contribution in [0.2, 0.25) is 0 Å². The van der Waals surface area contributed by atoms with E-state index in [-0.39, 0.29) is 23.9 Å². The molecule has 2 aliphatic rings. The van der Waals surface area contributed by atoms with Crippen LogP contribution in [0.5, 0.6) is 0 Å². The van der Waals surface area contributed by atoms with Crippen molar-refractivity contribution in [1.29, 1.82) is 0 Å². The molecule has 0 radical (unpaired) electrons. The molecule has 0 spiro atoms. The van der Waals surface area contributed by atoms with Crippen molar-refractivity contribution in [1.82, 2.24) is 29.9 Å². The molecule has 18 nitrogen and oxygen atoms in total. The summed E-state index contributed by atoms with van der Waals surface area (Å²) < 4.78 is 10.9. The molecule has 2 amide bonds. The lowest BCUT2D eigenvalue weighted by Gasteiger charge is -2.27. The number of nitrogen functional groups attached to an aromatic ring is 1. The van der Waals surface area contributed by atoms with Crippen molar-refractivity contribution in [2.24, 2.45) is 0 Å². The number of H-pyrrole nitrogens is 2. The van der Waals surface area contributed by atoms with Gasteiger partial charge in [0.2, 0.25) is 11.8 Å². The van der Waals surface area contributed by atoms with Crippen LogP contribution in [0.15, 0.2) is 122 Å². The number of non-ortho nitro benzene ring substituents is 1. The molecule has 6 N–H and O–H groups in total. The quantitative estimate of drug-likeness (QED) is 0.0513. The van der Waals surface area contributed by atoms with Gasteiger partial charge in [0, 0.05) is 66.8 Å². The van der Waals surface area contributed by atoms with E-state index in [4.69, 9.17) is 15.2 Å². The van der Waals surface area contributed by atoms with Gasteiger partial charge in [-0.25, -0.2) is 19.9 Å². The third-order valence-corrected chi connectivity index (χ3v) is 11.2. The largest absolute Gasteiger partial charge is 0.399 e. The average molecular weight is 887 g/mol. The molecule has 0 aliphatic carbocycles. The Morgan fingerprint density at radius 1 is 0.606 bits per heavy atom. The molecular weight excluding hydrogens is 841 g/mol. The Kier molecular flexibility index (Phi) is 12.8. The molecule has 6 heterocycles. The number of aromatic amines is 2. The molecule has 10 rings (SSSR count). The van der Waals surface area contributed by atoms with Crippen molar-refractivity contribution < 1.29 is 24.0 Å². The first-order valence-corrected chi connectivity index (χ1v) is 21.4. The predicted octanol–water partition coefficient (Wildman–Crippen LogP) is 6.78. The number of fused-ring (bicyclic) bond motifs is 2. The van der Waals surface area contributed by atoms with Gasteiger partial charge in [-0.1, -0.05) is 48.5 Å². The fourth-order valence-corrected chi connectivity index (χ4v) is 7.84. The number of carbonyl (C=O) groups is 2. The molecule has 66 heavy (non-hydrogen) atoms. The van der Waals surface area contributed by atoms with Gasteiger partial charge in [0.1, 0.15) is 35.6 Å². The maximum atomic E-state index is 12.4. The van der Waals surface area contributed by atoms with Crippen LogP contribution in [0.4, 0.5) is 34.4 Å². The van der Waals surface area contributed by atoms with Crippen molar-refractivity contribution >= 4 is 68.3 Å². The summed E-state index contributed by atoms with van der Waals surface area (Å²) in [5.41, 5.74) is 14.8. The fourth-order valence-electron chi connectivity index (χ4n) is 7.84. The summed E-state index contributed by atoms with van der Waals surface area (Å²) in [5, 5.41) is 18.5. The van der Waals surface area contributed by atoms with E-state index in [9.17, 15) is 19.7 Å². The van der Waals surface area contributed by atoms with Crippen LogP contribution in [0.3, 0.4) is 0 Å². The van der Waals surface area contributed by atoms with E-state index >= 15 is 0 Å². The zero-order chi connectivity index (χ0) is 45.4. The smallest absolute Gasteiger partial charge is 0.269 e. The molecule has 4 aromatic carbocycles. The number of nitrogens with one attached hydrogen (secondary N) is 4. The summed E-state index contributed by atoms with van der Waals surface area (Å²) in [5.74, 6) is 1.55. The molecule has 4 aromatic heterocycles. The molecule has 334 valence electrons. The highest BCUT2D eigenvalue weighted by molar-refractivity contribution is 5.95. The molecule has 0 saturated carbocycles. The number of nitrogens with zero attached hydrogens (tertiary/aromatic N) is 7. The summed E-state index contributed by atoms with van der Waals surface area (Å²) in [6.07, 6.45) is 3.59. The fraction of sp³-hybridized carbons (Fsp3) is 0.208. The van der Waals surface area contributed by atoms with Crippen LogP contribution in [0.1, 0.15) is 11.1 Å². The van der Waals surface area contributed by atoms with E-state index in [1.54, 1.807) is 36.9 Å². The van der Waals surface area contributed by atoms with Crippen LogP contribution in [-0.4, -0.2) is 99.2 Å². The van der Waals surface area contributed by atoms with Crippen molar-refractivity contribution in [2.75, 3.05) is 78.8 Å². The minimum Gasteiger partial charge on any atom is -0.399 e. The van der Waals surface area contributed by atoms with E-state index in [0.717, 1.165) is 93.6 Å². The first kappa shape index (κ1) is 43.1. The van der Waals surface area contributed by atoms with Crippen LogP contribution in [0.25, 0.3) is 44.6 Å². The standard InChI is InChI=1S/C24H22N6O4.C24H24N6O2/c31-22(13-16-1-7-19(8-2-16)30(32)33)27-18-5-3-17(4-6-18)21-14-20-23(28-21)25-15-26-24(20)29-9-11-34-12-10-29;25-18-5-1-16(2-6-18)13-22(31)28-19-7-3-17(4-8-19)21-14-20-23(29-21)26-15-27-24(20)30-9-11-32-12-10-30/h1-8,14-15H,9-13H2,(H,27,31)(H,25,26,28);1-8,14-15H,9-13,25H2,(H,28,31)(H,26,27,29). The third-order valence-electron chi connectivity index (χ3n) is 11.2. The number of aromatic nitrogens is 6. The first-order valence-electron chi connectivity index (χ1n) is 21.4. The van der Waals surface area contributed by atoms with Gasteiger partial charge in [-0.05, 0) is 70.8 Å². The highest BCUT2D eigenvalue weighted by atomic mass is 16.6. The Bertz CT molecular complexity index is 2960. The lowest BCUT2D eigenvalue weighted by atomic mass is 10.1. The lowest BCUT2D eigenvalue weighted by Crippen LogP contribution is -2.36. The number of anilines is 5. The minimum atomic E-state index is -0.464. The highest BCUT2D eigenvalue weighted by Gasteiger charge is 2.20. The summed E-state index contributed by atoms with van der Waals surface area (Å²) in [6, 6.07) is 32.7. The second-order valence-corrected chi connectivity index (χ2v) is 15.8. The summed E-state index contributed by atoms with van der Waals surface area (Å²) in [4.78, 5) is 64.0. The monoisotopic (exact) mass is 886 g/mol. The van der Waals surface area contributed by atoms with Gasteiger partial charge in [-0.2, -0.15) is 0 Å². The molecule has 18 heteroatoms. The first-order chi connectivity index (χ1) is 32.2. The molecule has 0 unspecified atom stereocenters. The van der Waals surface area contributed by atoms with E-state index < -0.39 is 4.92 Å². The number of hydrogen-bond acceptors (Lipinski definition) is 13. The maximum absolute atomic E-state index is 12.4. The van der Waals surface area contributed by atoms with Gasteiger partial charge in [0.25, 0.3) is 5.69 Å². The van der Waals surface area contributed by atoms with Gasteiger partial charge < -0.3 is 45.6 Å². The molecule has 2 fully saturated rings. The topological polar surface area (TPSA) is 235 Å². The van der Waals surface area contributed by atoms with Crippen molar-refractivity contribution in [3.63, 3.8) is 0 Å². The van der Waals surface area contributed by atoms with Crippen LogP contribution < -0.4 is 26.2 Å². The van der Waals surface area contributed by atoms with Gasteiger partial charge >= 0.3 is 0 Å². The number of carbonyl (C=O) groups excluding carboxylic acids is 2. The number of nitro groups is 1. The second-order valence-electron chi connectivity index (χ2n) is 15.8. The van der Waals surface area contributed by atoms with Crippen molar-refractivity contribution in [3.05, 3.63) is 143 Å². The molecular formula is C48H46N12O6. The minimum absolute atomic E-state index is 0.000211. The number of ether oxygens (including phenoxy) is 2. The van der Waals surface area contributed by atoms with E-state index in [2.05, 4.69) is 56.4 Å². The summed E-state index contributed by atoms with van der Waals surface area (Å²) >= 11 is 0. The van der Waals surface area contributed by atoms with Gasteiger partial charge in [0.15, 0.2) is 0 Å². The molecule has 8 aromatic rings. The van der Waals surface area contributed by atoms with Crippen LogP contribution in [-0.2, 0) is 31.9 Å². The number of hydrogen-bond donors (Lipinski definition) is 5. The average Bonchev–Trinajstić information content (AvgIpc) is 3.99. The number of amides is 2. The van der Waals surface area contributed by atoms with Gasteiger partial charge in [-0.15, -0.1) is 0 Å². The molecule has 2 saturated heterocycles. The number of benzene rings is 4. The Hall–Kier alpha value is -8.22. The Labute approximate surface area is 378 Å². The van der Waals surface area contributed by atoms with Crippen LogP contribution >= 0.6 is 0 Å². The second kappa shape index (κ2) is 19.7. The molecule has 0 bridgehead atoms. The number of nitrogens with two attached hydrogens (primary N) is 1. The lowest BCUT2D eigenvalue weighted by molar-refractivity contribution is -0.384. The van der Waals surface area contributed by atoms with E-state index in [1.807, 2.05) is 66.7 Å². The number of nitro benzene ring substituents is 1. The summed E-state index contributed by atoms with van der Waals surface area (Å²) in [6.45, 7) is 5.99. The predicted molar refractivity (Wildman–Crippen MR) is 253 cm³/mol. The Morgan fingerprint density at radius 3 is 1.42 bits per heavy atom. The Balaban J connectivity index is 0.000000166. The zero-order valence-electron chi connectivity index (χ0n) is 35.8. The molecule has 0 atom stereocenters. The van der Waals surface area contributed by atoms with Crippen LogP contribution in [0, 0.1) is 10.1 Å². The summed E-state index contributed by atoms with van der Waals surface area (Å²) in [7, 11) is 0. The van der Waals surface area contributed by atoms with Crippen molar-refractivity contribution in [3.8, 4) is 22.5 Å². The normalized spacial score (nSPS) is 13.8. The SMILES string of the molecule is Nc1ccc(CC(=O)Nc2ccc(-c3cc4c(N5CCOCC5)ncnc4[nH]3)cc2)cc1.O=C(Cc1ccc([N+](=O)[O-])cc1)Nc1ccc(-c2cc3c(N4CCOCC4)ncnc3[nH]2)cc1.